The summed E-state index contributed by atoms with van der Waals surface area (Å²) in [4.78, 5) is 31.2. The molecule has 1 aromatic heterocycles. The first-order valence-corrected chi connectivity index (χ1v) is 14.0. The van der Waals surface area contributed by atoms with Crippen LogP contribution in [0.2, 0.25) is 0 Å². The van der Waals surface area contributed by atoms with Crippen LogP contribution in [0.3, 0.4) is 0 Å². The molecule has 3 heterocycles. The first kappa shape index (κ1) is 26.0. The van der Waals surface area contributed by atoms with E-state index in [1.165, 1.54) is 6.07 Å². The Kier molecular flexibility index (Phi) is 6.13. The number of carbonyl (C=O) groups is 1. The van der Waals surface area contributed by atoms with E-state index < -0.39 is 17.2 Å². The number of halogens is 1. The van der Waals surface area contributed by atoms with Gasteiger partial charge in [-0.2, -0.15) is 0 Å². The molecule has 2 aliphatic heterocycles. The van der Waals surface area contributed by atoms with Gasteiger partial charge in [-0.15, -0.1) is 0 Å². The zero-order valence-electron chi connectivity index (χ0n) is 23.4. The monoisotopic (exact) mass is 563 g/mol. The van der Waals surface area contributed by atoms with Crippen molar-refractivity contribution in [2.24, 2.45) is 5.73 Å². The average molecular weight is 564 g/mol. The topological polar surface area (TPSA) is 92.8 Å². The van der Waals surface area contributed by atoms with Gasteiger partial charge in [0.2, 0.25) is 5.43 Å². The van der Waals surface area contributed by atoms with E-state index in [1.54, 1.807) is 10.8 Å². The lowest BCUT2D eigenvalue weighted by atomic mass is 10.0. The highest BCUT2D eigenvalue weighted by Crippen LogP contribution is 2.48. The van der Waals surface area contributed by atoms with Crippen molar-refractivity contribution in [3.05, 3.63) is 100 Å². The molecular weight excluding hydrogens is 533 g/mol. The van der Waals surface area contributed by atoms with Crippen LogP contribution in [0, 0.1) is 5.82 Å². The van der Waals surface area contributed by atoms with Crippen molar-refractivity contribution < 1.29 is 13.9 Å². The van der Waals surface area contributed by atoms with Gasteiger partial charge in [0, 0.05) is 51.7 Å². The molecule has 5 aromatic rings. The third-order valence-electron chi connectivity index (χ3n) is 8.14. The molecular formula is C33H30FN5O3. The molecule has 212 valence electrons. The molecule has 0 saturated carbocycles. The molecule has 42 heavy (non-hydrogen) atoms. The highest BCUT2D eigenvalue weighted by Gasteiger charge is 2.33. The van der Waals surface area contributed by atoms with E-state index >= 15 is 4.39 Å². The quantitative estimate of drug-likeness (QED) is 0.309. The summed E-state index contributed by atoms with van der Waals surface area (Å²) in [5, 5.41) is 4.88. The van der Waals surface area contributed by atoms with Crippen LogP contribution in [0.1, 0.15) is 22.3 Å². The summed E-state index contributed by atoms with van der Waals surface area (Å²) in [5.41, 5.74) is 8.79. The fourth-order valence-electron chi connectivity index (χ4n) is 5.96. The van der Waals surface area contributed by atoms with Gasteiger partial charge in [-0.1, -0.05) is 36.4 Å². The third kappa shape index (κ3) is 4.24. The number of nitrogens with two attached hydrogens (primary N) is 1. The molecule has 1 amide bonds. The Morgan fingerprint density at radius 2 is 1.88 bits per heavy atom. The molecule has 1 saturated heterocycles. The smallest absolute Gasteiger partial charge is 0.257 e. The van der Waals surface area contributed by atoms with Gasteiger partial charge < -0.3 is 30.2 Å². The lowest BCUT2D eigenvalue weighted by molar-refractivity contribution is 0.0949. The van der Waals surface area contributed by atoms with Crippen molar-refractivity contribution in [3.63, 3.8) is 0 Å². The number of carbonyl (C=O) groups excluding carboxylic acids is 1. The molecule has 3 N–H and O–H groups in total. The fraction of sp³-hybridized carbons (Fsp3) is 0.212. The minimum Gasteiger partial charge on any atom is -0.451 e. The highest BCUT2D eigenvalue weighted by molar-refractivity contribution is 6.02. The normalized spacial score (nSPS) is 15.5. The lowest BCUT2D eigenvalue weighted by Crippen LogP contribution is -2.31. The van der Waals surface area contributed by atoms with Crippen LogP contribution < -0.4 is 31.0 Å². The van der Waals surface area contributed by atoms with Crippen LogP contribution in [-0.4, -0.2) is 43.7 Å². The SMILES string of the molecule is CN(C)c1cccc(CNC(=O)c2cn3c4c(c(N5CCC(N)C5)c(F)cc4c2=O)Oc2cc4ccccc4cc2-3)c1. The second-order valence-electron chi connectivity index (χ2n) is 11.2. The van der Waals surface area contributed by atoms with E-state index in [1.807, 2.05) is 84.6 Å². The van der Waals surface area contributed by atoms with Crippen LogP contribution in [0.15, 0.2) is 77.7 Å². The maximum Gasteiger partial charge on any atom is 0.257 e. The zero-order valence-corrected chi connectivity index (χ0v) is 23.4. The van der Waals surface area contributed by atoms with Gasteiger partial charge in [-0.05, 0) is 53.1 Å². The summed E-state index contributed by atoms with van der Waals surface area (Å²) in [6.07, 6.45) is 2.27. The van der Waals surface area contributed by atoms with Crippen LogP contribution in [-0.2, 0) is 6.54 Å². The van der Waals surface area contributed by atoms with E-state index in [0.29, 0.717) is 30.0 Å². The second kappa shape index (κ2) is 9.88. The molecule has 0 aliphatic carbocycles. The van der Waals surface area contributed by atoms with Crippen molar-refractivity contribution in [3.8, 4) is 17.2 Å². The standard InChI is InChI=1S/C33H30FN5O3/c1-37(2)23-9-5-6-19(12-23)16-36-33(41)25-18-39-27-13-20-7-3-4-8-21(20)14-28(27)42-32-29(39)24(31(25)40)15-26(34)30(32)38-11-10-22(35)17-38/h3-9,12-15,18,22H,10-11,16-17,35H2,1-2H3,(H,36,41). The summed E-state index contributed by atoms with van der Waals surface area (Å²) in [6.45, 7) is 1.28. The number of hydrogen-bond donors (Lipinski definition) is 2. The van der Waals surface area contributed by atoms with Gasteiger partial charge in [0.15, 0.2) is 17.3 Å². The summed E-state index contributed by atoms with van der Waals surface area (Å²) in [5.74, 6) is -0.358. The molecule has 2 aliphatic rings. The van der Waals surface area contributed by atoms with Gasteiger partial charge in [0.25, 0.3) is 5.91 Å². The Balaban J connectivity index is 1.39. The predicted molar refractivity (Wildman–Crippen MR) is 164 cm³/mol. The molecule has 0 spiro atoms. The molecule has 1 atom stereocenters. The number of rotatable bonds is 5. The van der Waals surface area contributed by atoms with Crippen molar-refractivity contribution in [1.82, 2.24) is 9.88 Å². The Bertz CT molecular complexity index is 1970. The Morgan fingerprint density at radius 1 is 1.10 bits per heavy atom. The molecule has 4 aromatic carbocycles. The number of ether oxygens (including phenoxy) is 1. The Morgan fingerprint density at radius 3 is 2.62 bits per heavy atom. The third-order valence-corrected chi connectivity index (χ3v) is 8.14. The van der Waals surface area contributed by atoms with Crippen LogP contribution in [0.5, 0.6) is 11.5 Å². The summed E-state index contributed by atoms with van der Waals surface area (Å²) < 4.78 is 24.1. The molecule has 0 bridgehead atoms. The van der Waals surface area contributed by atoms with E-state index in [2.05, 4.69) is 5.32 Å². The number of nitrogens with one attached hydrogen (secondary N) is 1. The van der Waals surface area contributed by atoms with Crippen LogP contribution >= 0.6 is 0 Å². The van der Waals surface area contributed by atoms with Gasteiger partial charge in [-0.3, -0.25) is 9.59 Å². The molecule has 9 heteroatoms. The minimum atomic E-state index is -0.586. The van der Waals surface area contributed by atoms with E-state index in [9.17, 15) is 9.59 Å². The summed E-state index contributed by atoms with van der Waals surface area (Å²) in [7, 11) is 3.89. The first-order chi connectivity index (χ1) is 20.3. The van der Waals surface area contributed by atoms with Crippen molar-refractivity contribution >= 4 is 39.0 Å². The Labute approximate surface area is 241 Å². The lowest BCUT2D eigenvalue weighted by Gasteiger charge is -2.29. The molecule has 1 fully saturated rings. The zero-order chi connectivity index (χ0) is 29.1. The van der Waals surface area contributed by atoms with Gasteiger partial charge in [0.05, 0.1) is 11.1 Å². The van der Waals surface area contributed by atoms with Crippen LogP contribution in [0.4, 0.5) is 15.8 Å². The maximum atomic E-state index is 15.9. The maximum absolute atomic E-state index is 15.9. The number of benzene rings is 4. The van der Waals surface area contributed by atoms with Gasteiger partial charge in [0.1, 0.15) is 16.8 Å². The fourth-order valence-corrected chi connectivity index (χ4v) is 5.96. The van der Waals surface area contributed by atoms with Crippen molar-refractivity contribution in [2.75, 3.05) is 37.0 Å². The molecule has 0 radical (unpaired) electrons. The number of aromatic nitrogens is 1. The first-order valence-electron chi connectivity index (χ1n) is 14.0. The molecule has 1 unspecified atom stereocenters. The minimum absolute atomic E-state index is 0.0754. The van der Waals surface area contributed by atoms with Crippen molar-refractivity contribution in [2.45, 2.75) is 19.0 Å². The van der Waals surface area contributed by atoms with Crippen LogP contribution in [0.25, 0.3) is 27.4 Å². The number of pyridine rings is 1. The van der Waals surface area contributed by atoms with Gasteiger partial charge >= 0.3 is 0 Å². The Hall–Kier alpha value is -4.89. The highest BCUT2D eigenvalue weighted by atomic mass is 19.1. The number of anilines is 2. The number of amides is 1. The number of hydrogen-bond acceptors (Lipinski definition) is 6. The summed E-state index contributed by atoms with van der Waals surface area (Å²) >= 11 is 0. The summed E-state index contributed by atoms with van der Waals surface area (Å²) in [6, 6.07) is 20.6. The largest absolute Gasteiger partial charge is 0.451 e. The second-order valence-corrected chi connectivity index (χ2v) is 11.2. The van der Waals surface area contributed by atoms with E-state index in [0.717, 1.165) is 28.4 Å². The van der Waals surface area contributed by atoms with Gasteiger partial charge in [-0.25, -0.2) is 4.39 Å². The van der Waals surface area contributed by atoms with Crippen molar-refractivity contribution in [1.29, 1.82) is 0 Å². The number of fused-ring (bicyclic) bond motifs is 3. The average Bonchev–Trinajstić information content (AvgIpc) is 3.41. The molecule has 7 rings (SSSR count). The number of nitrogens with zero attached hydrogens (tertiary/aromatic N) is 3. The van der Waals surface area contributed by atoms with E-state index in [4.69, 9.17) is 10.5 Å². The molecule has 8 nitrogen and oxygen atoms in total. The van der Waals surface area contributed by atoms with E-state index in [-0.39, 0.29) is 35.0 Å². The predicted octanol–water partition coefficient (Wildman–Crippen LogP) is 4.92.